The maximum atomic E-state index is 11.9. The normalized spacial score (nSPS) is 13.7. The Morgan fingerprint density at radius 1 is 1.12 bits per heavy atom. The van der Waals surface area contributed by atoms with Gasteiger partial charge in [-0.15, -0.1) is 0 Å². The molecule has 0 aromatic heterocycles. The third kappa shape index (κ3) is 8.53. The van der Waals surface area contributed by atoms with Gasteiger partial charge in [0.15, 0.2) is 0 Å². The van der Waals surface area contributed by atoms with Crippen molar-refractivity contribution in [2.45, 2.75) is 58.9 Å². The summed E-state index contributed by atoms with van der Waals surface area (Å²) in [4.78, 5) is 23.6. The second kappa shape index (κ2) is 9.27. The fourth-order valence-corrected chi connectivity index (χ4v) is 1.85. The lowest BCUT2D eigenvalue weighted by molar-refractivity contribution is -0.147. The van der Waals surface area contributed by atoms with Crippen LogP contribution in [0.2, 0.25) is 0 Å². The van der Waals surface area contributed by atoms with E-state index in [9.17, 15) is 9.59 Å². The van der Waals surface area contributed by atoms with Crippen molar-refractivity contribution in [1.29, 1.82) is 0 Å². The van der Waals surface area contributed by atoms with Crippen molar-refractivity contribution in [3.63, 3.8) is 0 Å². The van der Waals surface area contributed by atoms with Gasteiger partial charge in [0.05, 0.1) is 0 Å². The lowest BCUT2D eigenvalue weighted by Gasteiger charge is -2.22. The van der Waals surface area contributed by atoms with E-state index in [1.165, 1.54) is 0 Å². The molecule has 1 rings (SSSR count). The standard InChI is InChI=1S/C18H28N2O4/c1-13(20-17(22)24-18(3,4)5)11-19-14(2)16(21)23-12-15-9-7-6-8-10-15/h6-10,13-14,19H,11-12H2,1-5H3,(H,20,22)/t13-,14+/m1/s1. The topological polar surface area (TPSA) is 76.7 Å². The first kappa shape index (κ1) is 20.0. The number of carbonyl (C=O) groups excluding carboxylic acids is 2. The van der Waals surface area contributed by atoms with Crippen LogP contribution in [0.25, 0.3) is 0 Å². The van der Waals surface area contributed by atoms with Gasteiger partial charge in [-0.2, -0.15) is 0 Å². The minimum Gasteiger partial charge on any atom is -0.460 e. The molecule has 0 aliphatic rings. The van der Waals surface area contributed by atoms with Crippen LogP contribution in [0.1, 0.15) is 40.2 Å². The average Bonchev–Trinajstić information content (AvgIpc) is 2.49. The molecule has 6 heteroatoms. The lowest BCUT2D eigenvalue weighted by Crippen LogP contribution is -2.46. The molecule has 0 fully saturated rings. The summed E-state index contributed by atoms with van der Waals surface area (Å²) in [6.45, 7) is 9.66. The number of benzene rings is 1. The van der Waals surface area contributed by atoms with Gasteiger partial charge in [0.1, 0.15) is 18.2 Å². The summed E-state index contributed by atoms with van der Waals surface area (Å²) in [5.74, 6) is -0.330. The molecule has 1 amide bonds. The zero-order valence-electron chi connectivity index (χ0n) is 15.1. The van der Waals surface area contributed by atoms with E-state index < -0.39 is 17.7 Å². The monoisotopic (exact) mass is 336 g/mol. The maximum Gasteiger partial charge on any atom is 0.407 e. The number of rotatable bonds is 7. The number of ether oxygens (including phenoxy) is 2. The van der Waals surface area contributed by atoms with Gasteiger partial charge in [-0.05, 0) is 40.2 Å². The molecule has 0 spiro atoms. The molecule has 134 valence electrons. The van der Waals surface area contributed by atoms with Gasteiger partial charge in [0.25, 0.3) is 0 Å². The largest absolute Gasteiger partial charge is 0.460 e. The van der Waals surface area contributed by atoms with Crippen LogP contribution in [0.4, 0.5) is 4.79 Å². The van der Waals surface area contributed by atoms with Gasteiger partial charge in [-0.3, -0.25) is 4.79 Å². The number of alkyl carbamates (subject to hydrolysis) is 1. The zero-order chi connectivity index (χ0) is 18.2. The molecular weight excluding hydrogens is 308 g/mol. The number of hydrogen-bond acceptors (Lipinski definition) is 5. The van der Waals surface area contributed by atoms with Crippen molar-refractivity contribution in [1.82, 2.24) is 10.6 Å². The number of amides is 1. The van der Waals surface area contributed by atoms with Gasteiger partial charge in [-0.25, -0.2) is 4.79 Å². The fraction of sp³-hybridized carbons (Fsp3) is 0.556. The highest BCUT2D eigenvalue weighted by molar-refractivity contribution is 5.75. The Kier molecular flexibility index (Phi) is 7.71. The van der Waals surface area contributed by atoms with Crippen LogP contribution in [0.15, 0.2) is 30.3 Å². The van der Waals surface area contributed by atoms with E-state index in [0.29, 0.717) is 6.54 Å². The number of hydrogen-bond donors (Lipinski definition) is 2. The van der Waals surface area contributed by atoms with Crippen LogP contribution in [0, 0.1) is 0 Å². The minimum absolute atomic E-state index is 0.177. The smallest absolute Gasteiger partial charge is 0.407 e. The van der Waals surface area contributed by atoms with Crippen LogP contribution < -0.4 is 10.6 Å². The van der Waals surface area contributed by atoms with E-state index in [-0.39, 0.29) is 18.6 Å². The van der Waals surface area contributed by atoms with Gasteiger partial charge in [0, 0.05) is 12.6 Å². The van der Waals surface area contributed by atoms with Gasteiger partial charge < -0.3 is 20.1 Å². The van der Waals surface area contributed by atoms with E-state index in [4.69, 9.17) is 9.47 Å². The number of nitrogens with one attached hydrogen (secondary N) is 2. The molecule has 0 unspecified atom stereocenters. The van der Waals surface area contributed by atoms with Crippen molar-refractivity contribution in [3.8, 4) is 0 Å². The molecule has 0 radical (unpaired) electrons. The van der Waals surface area contributed by atoms with Crippen molar-refractivity contribution in [2.24, 2.45) is 0 Å². The lowest BCUT2D eigenvalue weighted by atomic mass is 10.2. The van der Waals surface area contributed by atoms with Gasteiger partial charge >= 0.3 is 12.1 Å². The number of esters is 1. The van der Waals surface area contributed by atoms with Gasteiger partial charge in [-0.1, -0.05) is 30.3 Å². The molecule has 1 aromatic rings. The first-order chi connectivity index (χ1) is 11.2. The second-order valence-corrected chi connectivity index (χ2v) is 6.77. The molecule has 0 aliphatic heterocycles. The minimum atomic E-state index is -0.536. The molecule has 0 aliphatic carbocycles. The fourth-order valence-electron chi connectivity index (χ4n) is 1.85. The van der Waals surface area contributed by atoms with Gasteiger partial charge in [0.2, 0.25) is 0 Å². The van der Waals surface area contributed by atoms with Crippen LogP contribution >= 0.6 is 0 Å². The molecular formula is C18H28N2O4. The van der Waals surface area contributed by atoms with Crippen molar-refractivity contribution in [2.75, 3.05) is 6.54 Å². The quantitative estimate of drug-likeness (QED) is 0.749. The molecule has 0 saturated heterocycles. The van der Waals surface area contributed by atoms with E-state index >= 15 is 0 Å². The van der Waals surface area contributed by atoms with E-state index in [0.717, 1.165) is 5.56 Å². The Bertz CT molecular complexity index is 526. The Morgan fingerprint density at radius 3 is 2.33 bits per heavy atom. The summed E-state index contributed by atoms with van der Waals surface area (Å²) in [7, 11) is 0. The highest BCUT2D eigenvalue weighted by Gasteiger charge is 2.19. The third-order valence-corrected chi connectivity index (χ3v) is 3.07. The number of carbonyl (C=O) groups is 2. The first-order valence-electron chi connectivity index (χ1n) is 8.11. The summed E-state index contributed by atoms with van der Waals surface area (Å²) in [5.41, 5.74) is 0.407. The summed E-state index contributed by atoms with van der Waals surface area (Å²) in [6, 6.07) is 8.87. The summed E-state index contributed by atoms with van der Waals surface area (Å²) >= 11 is 0. The average molecular weight is 336 g/mol. The van der Waals surface area contributed by atoms with Crippen LogP contribution in [0.3, 0.4) is 0 Å². The van der Waals surface area contributed by atoms with Crippen LogP contribution in [-0.2, 0) is 20.9 Å². The van der Waals surface area contributed by atoms with E-state index in [1.54, 1.807) is 27.7 Å². The molecule has 1 aromatic carbocycles. The summed E-state index contributed by atoms with van der Waals surface area (Å²) in [5, 5.41) is 5.75. The molecule has 2 atom stereocenters. The van der Waals surface area contributed by atoms with Crippen LogP contribution in [0.5, 0.6) is 0 Å². The Labute approximate surface area is 143 Å². The van der Waals surface area contributed by atoms with Crippen molar-refractivity contribution in [3.05, 3.63) is 35.9 Å². The second-order valence-electron chi connectivity index (χ2n) is 6.77. The molecule has 6 nitrogen and oxygen atoms in total. The highest BCUT2D eigenvalue weighted by atomic mass is 16.6. The predicted octanol–water partition coefficient (Wildman–Crippen LogP) is 2.62. The molecule has 24 heavy (non-hydrogen) atoms. The predicted molar refractivity (Wildman–Crippen MR) is 92.5 cm³/mol. The summed E-state index contributed by atoms with van der Waals surface area (Å²) in [6.07, 6.45) is -0.476. The Balaban J connectivity index is 2.27. The Morgan fingerprint density at radius 2 is 1.75 bits per heavy atom. The third-order valence-electron chi connectivity index (χ3n) is 3.07. The van der Waals surface area contributed by atoms with Crippen molar-refractivity contribution < 1.29 is 19.1 Å². The molecule has 2 N–H and O–H groups in total. The Hall–Kier alpha value is -2.08. The first-order valence-corrected chi connectivity index (χ1v) is 8.11. The SMILES string of the molecule is C[C@H](CN[C@@H](C)C(=O)OCc1ccccc1)NC(=O)OC(C)(C)C. The molecule has 0 heterocycles. The van der Waals surface area contributed by atoms with Crippen molar-refractivity contribution >= 4 is 12.1 Å². The van der Waals surface area contributed by atoms with Crippen LogP contribution in [-0.4, -0.2) is 36.3 Å². The van der Waals surface area contributed by atoms with E-state index in [2.05, 4.69) is 10.6 Å². The molecule has 0 saturated carbocycles. The highest BCUT2D eigenvalue weighted by Crippen LogP contribution is 2.06. The summed E-state index contributed by atoms with van der Waals surface area (Å²) < 4.78 is 10.4. The maximum absolute atomic E-state index is 11.9. The van der Waals surface area contributed by atoms with E-state index in [1.807, 2.05) is 37.3 Å². The molecule has 0 bridgehead atoms. The zero-order valence-corrected chi connectivity index (χ0v) is 15.1.